The Bertz CT molecular complexity index is 494. The van der Waals surface area contributed by atoms with E-state index in [2.05, 4.69) is 40.8 Å². The minimum absolute atomic E-state index is 0.321. The fourth-order valence-electron chi connectivity index (χ4n) is 1.80. The Kier molecular flexibility index (Phi) is 4.71. The van der Waals surface area contributed by atoms with Crippen molar-refractivity contribution in [1.29, 1.82) is 0 Å². The van der Waals surface area contributed by atoms with E-state index in [9.17, 15) is 0 Å². The van der Waals surface area contributed by atoms with Crippen molar-refractivity contribution in [3.05, 3.63) is 69.7 Å². The van der Waals surface area contributed by atoms with Crippen LogP contribution in [0.2, 0.25) is 10.0 Å². The van der Waals surface area contributed by atoms with Gasteiger partial charge in [0.05, 0.1) is 0 Å². The van der Waals surface area contributed by atoms with Crippen LogP contribution in [-0.4, -0.2) is 4.43 Å². The van der Waals surface area contributed by atoms with E-state index in [-0.39, 0.29) is 0 Å². The van der Waals surface area contributed by atoms with E-state index >= 15 is 0 Å². The fraction of sp³-hybridized carbons (Fsp3) is 0.143. The van der Waals surface area contributed by atoms with Gasteiger partial charge < -0.3 is 0 Å². The lowest BCUT2D eigenvalue weighted by Gasteiger charge is -2.16. The minimum atomic E-state index is 0.321. The molecular formula is C14H11Cl2I. The van der Waals surface area contributed by atoms with E-state index in [1.165, 1.54) is 11.1 Å². The van der Waals surface area contributed by atoms with Crippen molar-refractivity contribution < 1.29 is 0 Å². The molecule has 0 fully saturated rings. The smallest absolute Gasteiger partial charge is 0.0444 e. The quantitative estimate of drug-likeness (QED) is 0.485. The first-order valence-electron chi connectivity index (χ1n) is 5.28. The van der Waals surface area contributed by atoms with Crippen molar-refractivity contribution in [2.45, 2.75) is 5.92 Å². The van der Waals surface area contributed by atoms with Crippen LogP contribution in [0, 0.1) is 0 Å². The molecule has 2 rings (SSSR count). The van der Waals surface area contributed by atoms with Gasteiger partial charge in [-0.05, 0) is 29.3 Å². The molecular weight excluding hydrogens is 366 g/mol. The first kappa shape index (κ1) is 13.2. The Morgan fingerprint density at radius 2 is 1.59 bits per heavy atom. The molecule has 2 aromatic carbocycles. The van der Waals surface area contributed by atoms with Crippen molar-refractivity contribution in [2.24, 2.45) is 0 Å². The summed E-state index contributed by atoms with van der Waals surface area (Å²) in [5, 5.41) is 1.59. The minimum Gasteiger partial charge on any atom is -0.0853 e. The average molecular weight is 377 g/mol. The lowest BCUT2D eigenvalue weighted by molar-refractivity contribution is 0.953. The van der Waals surface area contributed by atoms with Crippen LogP contribution in [-0.2, 0) is 0 Å². The third kappa shape index (κ3) is 3.15. The Labute approximate surface area is 125 Å². The van der Waals surface area contributed by atoms with Crippen LogP contribution in [0.15, 0.2) is 48.5 Å². The van der Waals surface area contributed by atoms with Crippen molar-refractivity contribution in [2.75, 3.05) is 4.43 Å². The summed E-state index contributed by atoms with van der Waals surface area (Å²) in [4.78, 5) is 0. The third-order valence-electron chi connectivity index (χ3n) is 2.71. The second-order valence-corrected chi connectivity index (χ2v) is 5.50. The van der Waals surface area contributed by atoms with Gasteiger partial charge in [0, 0.05) is 20.4 Å². The molecule has 0 spiro atoms. The second-order valence-electron chi connectivity index (χ2n) is 3.78. The van der Waals surface area contributed by atoms with Crippen LogP contribution in [0.3, 0.4) is 0 Å². The standard InChI is InChI=1S/C14H11Cl2I/c15-11-7-5-10(6-8-11)13(9-17)12-3-1-2-4-14(12)16/h1-8,13H,9H2/t13-/m1/s1. The molecule has 0 aliphatic carbocycles. The van der Waals surface area contributed by atoms with Gasteiger partial charge in [0.2, 0.25) is 0 Å². The van der Waals surface area contributed by atoms with E-state index in [4.69, 9.17) is 23.2 Å². The summed E-state index contributed by atoms with van der Waals surface area (Å²) in [5.41, 5.74) is 2.42. The van der Waals surface area contributed by atoms with Crippen LogP contribution in [0.4, 0.5) is 0 Å². The molecule has 17 heavy (non-hydrogen) atoms. The summed E-state index contributed by atoms with van der Waals surface area (Å²) in [5.74, 6) is 0.321. The highest BCUT2D eigenvalue weighted by atomic mass is 127. The maximum atomic E-state index is 6.25. The fourth-order valence-corrected chi connectivity index (χ4v) is 3.18. The molecule has 0 aromatic heterocycles. The summed E-state index contributed by atoms with van der Waals surface area (Å²) in [6.45, 7) is 0. The number of rotatable bonds is 3. The second kappa shape index (κ2) is 6.07. The molecule has 0 nitrogen and oxygen atoms in total. The Balaban J connectivity index is 2.40. The van der Waals surface area contributed by atoms with Gasteiger partial charge in [0.25, 0.3) is 0 Å². The van der Waals surface area contributed by atoms with Gasteiger partial charge in [-0.25, -0.2) is 0 Å². The van der Waals surface area contributed by atoms with Crippen molar-refractivity contribution in [1.82, 2.24) is 0 Å². The van der Waals surface area contributed by atoms with Crippen LogP contribution < -0.4 is 0 Å². The molecule has 0 bridgehead atoms. The molecule has 0 saturated heterocycles. The molecule has 0 amide bonds. The highest BCUT2D eigenvalue weighted by Gasteiger charge is 2.15. The van der Waals surface area contributed by atoms with E-state index in [0.717, 1.165) is 14.5 Å². The lowest BCUT2D eigenvalue weighted by atomic mass is 9.93. The number of hydrogen-bond acceptors (Lipinski definition) is 0. The molecule has 0 aliphatic heterocycles. The molecule has 2 aromatic rings. The molecule has 3 heteroatoms. The van der Waals surface area contributed by atoms with E-state index in [1.807, 2.05) is 30.3 Å². The van der Waals surface area contributed by atoms with Gasteiger partial charge in [-0.2, -0.15) is 0 Å². The molecule has 0 saturated carbocycles. The molecule has 0 N–H and O–H groups in total. The number of halogens is 3. The Hall–Kier alpha value is -0.250. The SMILES string of the molecule is Clc1ccc([C@@H](CI)c2ccccc2Cl)cc1. The summed E-state index contributed by atoms with van der Waals surface area (Å²) in [6, 6.07) is 16.0. The van der Waals surface area contributed by atoms with Crippen LogP contribution in [0.1, 0.15) is 17.0 Å². The molecule has 0 heterocycles. The third-order valence-corrected chi connectivity index (χ3v) is 4.18. The topological polar surface area (TPSA) is 0 Å². The summed E-state index contributed by atoms with van der Waals surface area (Å²) in [6.07, 6.45) is 0. The Morgan fingerprint density at radius 3 is 2.18 bits per heavy atom. The lowest BCUT2D eigenvalue weighted by Crippen LogP contribution is -2.02. The van der Waals surface area contributed by atoms with E-state index in [0.29, 0.717) is 5.92 Å². The largest absolute Gasteiger partial charge is 0.0853 e. The van der Waals surface area contributed by atoms with Gasteiger partial charge in [0.15, 0.2) is 0 Å². The number of benzene rings is 2. The highest BCUT2D eigenvalue weighted by molar-refractivity contribution is 14.1. The zero-order valence-electron chi connectivity index (χ0n) is 9.04. The maximum Gasteiger partial charge on any atom is 0.0444 e. The molecule has 0 aliphatic rings. The maximum absolute atomic E-state index is 6.25. The van der Waals surface area contributed by atoms with Crippen LogP contribution in [0.5, 0.6) is 0 Å². The van der Waals surface area contributed by atoms with Gasteiger partial charge in [-0.15, -0.1) is 0 Å². The molecule has 0 radical (unpaired) electrons. The van der Waals surface area contributed by atoms with E-state index < -0.39 is 0 Å². The van der Waals surface area contributed by atoms with Gasteiger partial charge in [-0.1, -0.05) is 76.1 Å². The van der Waals surface area contributed by atoms with Crippen LogP contribution in [0.25, 0.3) is 0 Å². The predicted molar refractivity (Wildman–Crippen MR) is 83.6 cm³/mol. The van der Waals surface area contributed by atoms with Gasteiger partial charge in [0.1, 0.15) is 0 Å². The molecule has 88 valence electrons. The average Bonchev–Trinajstić information content (AvgIpc) is 2.35. The van der Waals surface area contributed by atoms with E-state index in [1.54, 1.807) is 0 Å². The summed E-state index contributed by atoms with van der Waals surface area (Å²) >= 11 is 14.5. The van der Waals surface area contributed by atoms with Crippen LogP contribution >= 0.6 is 45.8 Å². The van der Waals surface area contributed by atoms with Crippen molar-refractivity contribution in [3.63, 3.8) is 0 Å². The van der Waals surface area contributed by atoms with Gasteiger partial charge >= 0.3 is 0 Å². The monoisotopic (exact) mass is 376 g/mol. The normalized spacial score (nSPS) is 12.4. The zero-order valence-corrected chi connectivity index (χ0v) is 12.7. The Morgan fingerprint density at radius 1 is 0.941 bits per heavy atom. The zero-order chi connectivity index (χ0) is 12.3. The molecule has 0 unspecified atom stereocenters. The predicted octanol–water partition coefficient (Wildman–Crippen LogP) is 5.56. The van der Waals surface area contributed by atoms with Crippen molar-refractivity contribution >= 4 is 45.8 Å². The highest BCUT2D eigenvalue weighted by Crippen LogP contribution is 2.32. The van der Waals surface area contributed by atoms with Gasteiger partial charge in [-0.3, -0.25) is 0 Å². The summed E-state index contributed by atoms with van der Waals surface area (Å²) < 4.78 is 0.989. The molecule has 1 atom stereocenters. The summed E-state index contributed by atoms with van der Waals surface area (Å²) in [7, 11) is 0. The first-order chi connectivity index (χ1) is 8.22. The number of hydrogen-bond donors (Lipinski definition) is 0. The van der Waals surface area contributed by atoms with Crippen molar-refractivity contribution in [3.8, 4) is 0 Å². The number of alkyl halides is 1. The first-order valence-corrected chi connectivity index (χ1v) is 7.56.